The minimum Gasteiger partial charge on any atom is -0.481 e. The third-order valence-electron chi connectivity index (χ3n) is 3.77. The number of aliphatic hydroxyl groups is 1. The van der Waals surface area contributed by atoms with Crippen molar-refractivity contribution in [3.8, 4) is 0 Å². The Morgan fingerprint density at radius 1 is 1.26 bits per heavy atom. The maximum Gasteiger partial charge on any atom is 0.306 e. The number of benzene rings is 1. The van der Waals surface area contributed by atoms with Crippen molar-refractivity contribution in [2.24, 2.45) is 5.92 Å². The van der Waals surface area contributed by atoms with Gasteiger partial charge in [-0.25, -0.2) is 0 Å². The highest BCUT2D eigenvalue weighted by Crippen LogP contribution is 2.27. The number of aliphatic carboxylic acids is 1. The van der Waals surface area contributed by atoms with Crippen LogP contribution in [0.4, 0.5) is 5.69 Å². The Hall–Kier alpha value is -1.55. The van der Waals surface area contributed by atoms with Crippen LogP contribution in [-0.2, 0) is 11.2 Å². The van der Waals surface area contributed by atoms with Crippen molar-refractivity contribution in [3.63, 3.8) is 0 Å². The van der Waals surface area contributed by atoms with Gasteiger partial charge in [-0.05, 0) is 49.8 Å². The molecule has 0 saturated heterocycles. The summed E-state index contributed by atoms with van der Waals surface area (Å²) in [6.45, 7) is 0.160. The van der Waals surface area contributed by atoms with E-state index in [0.717, 1.165) is 36.9 Å². The molecule has 0 aliphatic heterocycles. The fourth-order valence-corrected chi connectivity index (χ4v) is 2.67. The quantitative estimate of drug-likeness (QED) is 0.762. The van der Waals surface area contributed by atoms with Crippen LogP contribution in [0.3, 0.4) is 0 Å². The van der Waals surface area contributed by atoms with Crippen molar-refractivity contribution >= 4 is 11.7 Å². The number of hydrogen-bond donors (Lipinski definition) is 3. The van der Waals surface area contributed by atoms with Crippen LogP contribution in [0.1, 0.15) is 31.2 Å². The first kappa shape index (κ1) is 13.9. The third kappa shape index (κ3) is 3.96. The highest BCUT2D eigenvalue weighted by atomic mass is 16.4. The molecule has 0 aromatic heterocycles. The lowest BCUT2D eigenvalue weighted by Crippen LogP contribution is -2.29. The zero-order valence-corrected chi connectivity index (χ0v) is 11.0. The van der Waals surface area contributed by atoms with E-state index in [1.165, 1.54) is 0 Å². The molecule has 1 aliphatic carbocycles. The van der Waals surface area contributed by atoms with Crippen LogP contribution in [0.2, 0.25) is 0 Å². The van der Waals surface area contributed by atoms with Crippen LogP contribution in [0.15, 0.2) is 24.3 Å². The summed E-state index contributed by atoms with van der Waals surface area (Å²) in [5, 5.41) is 21.4. The number of aliphatic hydroxyl groups excluding tert-OH is 1. The number of carboxylic acid groups (broad SMARTS) is 1. The second kappa shape index (κ2) is 6.57. The van der Waals surface area contributed by atoms with Gasteiger partial charge in [0.25, 0.3) is 0 Å². The van der Waals surface area contributed by atoms with E-state index < -0.39 is 5.97 Å². The van der Waals surface area contributed by atoms with Crippen LogP contribution in [-0.4, -0.2) is 28.8 Å². The van der Waals surface area contributed by atoms with Gasteiger partial charge in [0, 0.05) is 18.3 Å². The van der Waals surface area contributed by atoms with Gasteiger partial charge in [0.05, 0.1) is 5.92 Å². The number of nitrogens with one attached hydrogen (secondary N) is 1. The average Bonchev–Trinajstić information content (AvgIpc) is 2.40. The van der Waals surface area contributed by atoms with Gasteiger partial charge in [-0.1, -0.05) is 12.1 Å². The molecule has 19 heavy (non-hydrogen) atoms. The molecule has 1 saturated carbocycles. The number of carboxylic acids is 1. The molecule has 0 unspecified atom stereocenters. The molecule has 0 radical (unpaired) electrons. The summed E-state index contributed by atoms with van der Waals surface area (Å²) in [6.07, 6.45) is 3.98. The van der Waals surface area contributed by atoms with Gasteiger partial charge in [0.2, 0.25) is 0 Å². The van der Waals surface area contributed by atoms with E-state index in [1.54, 1.807) is 0 Å². The van der Waals surface area contributed by atoms with Crippen LogP contribution in [0, 0.1) is 5.92 Å². The number of hydrogen-bond acceptors (Lipinski definition) is 3. The zero-order valence-electron chi connectivity index (χ0n) is 11.0. The average molecular weight is 263 g/mol. The maximum absolute atomic E-state index is 10.9. The molecule has 1 fully saturated rings. The van der Waals surface area contributed by atoms with Gasteiger partial charge < -0.3 is 15.5 Å². The van der Waals surface area contributed by atoms with Crippen LogP contribution in [0.5, 0.6) is 0 Å². The highest BCUT2D eigenvalue weighted by Gasteiger charge is 2.25. The summed E-state index contributed by atoms with van der Waals surface area (Å²) in [4.78, 5) is 10.9. The SMILES string of the molecule is O=C(O)C1CCC(Nc2cccc(CCO)c2)CC1. The van der Waals surface area contributed by atoms with Crippen molar-refractivity contribution in [2.75, 3.05) is 11.9 Å². The Bertz CT molecular complexity index is 425. The smallest absolute Gasteiger partial charge is 0.306 e. The molecular weight excluding hydrogens is 242 g/mol. The fourth-order valence-electron chi connectivity index (χ4n) is 2.67. The van der Waals surface area contributed by atoms with E-state index in [9.17, 15) is 4.79 Å². The first-order valence-electron chi connectivity index (χ1n) is 6.88. The van der Waals surface area contributed by atoms with Gasteiger partial charge in [0.1, 0.15) is 0 Å². The highest BCUT2D eigenvalue weighted by molar-refractivity contribution is 5.70. The van der Waals surface area contributed by atoms with Crippen molar-refractivity contribution < 1.29 is 15.0 Å². The molecule has 4 heteroatoms. The molecule has 0 spiro atoms. The zero-order chi connectivity index (χ0) is 13.7. The largest absolute Gasteiger partial charge is 0.481 e. The van der Waals surface area contributed by atoms with E-state index in [4.69, 9.17) is 10.2 Å². The standard InChI is InChI=1S/C15H21NO3/c17-9-8-11-2-1-3-14(10-11)16-13-6-4-12(5-7-13)15(18)19/h1-3,10,12-13,16-17H,4-9H2,(H,18,19). The Balaban J connectivity index is 1.88. The van der Waals surface area contributed by atoms with Gasteiger partial charge >= 0.3 is 5.97 Å². The summed E-state index contributed by atoms with van der Waals surface area (Å²) in [7, 11) is 0. The van der Waals surface area contributed by atoms with Gasteiger partial charge in [-0.15, -0.1) is 0 Å². The minimum absolute atomic E-state index is 0.160. The molecule has 0 amide bonds. The molecule has 4 nitrogen and oxygen atoms in total. The molecule has 0 atom stereocenters. The van der Waals surface area contributed by atoms with E-state index in [2.05, 4.69) is 11.4 Å². The first-order chi connectivity index (χ1) is 9.19. The van der Waals surface area contributed by atoms with E-state index in [1.807, 2.05) is 18.2 Å². The lowest BCUT2D eigenvalue weighted by Gasteiger charge is -2.27. The van der Waals surface area contributed by atoms with Crippen molar-refractivity contribution in [1.82, 2.24) is 0 Å². The van der Waals surface area contributed by atoms with Crippen LogP contribution >= 0.6 is 0 Å². The second-order valence-electron chi connectivity index (χ2n) is 5.21. The molecule has 104 valence electrons. The summed E-state index contributed by atoms with van der Waals surface area (Å²) in [5.74, 6) is -0.831. The minimum atomic E-state index is -0.664. The van der Waals surface area contributed by atoms with Crippen LogP contribution in [0.25, 0.3) is 0 Å². The summed E-state index contributed by atoms with van der Waals surface area (Å²) in [6, 6.07) is 8.42. The molecular formula is C15H21NO3. The lowest BCUT2D eigenvalue weighted by atomic mass is 9.86. The predicted octanol–water partition coefficient (Wildman–Crippen LogP) is 2.28. The Labute approximate surface area is 113 Å². The monoisotopic (exact) mass is 263 g/mol. The molecule has 1 aliphatic rings. The Morgan fingerprint density at radius 3 is 2.63 bits per heavy atom. The lowest BCUT2D eigenvalue weighted by molar-refractivity contribution is -0.142. The van der Waals surface area contributed by atoms with E-state index in [-0.39, 0.29) is 12.5 Å². The number of anilines is 1. The summed E-state index contributed by atoms with van der Waals surface area (Å²) < 4.78 is 0. The van der Waals surface area contributed by atoms with Crippen molar-refractivity contribution in [2.45, 2.75) is 38.1 Å². The Kier molecular flexibility index (Phi) is 4.80. The normalized spacial score (nSPS) is 23.0. The molecule has 1 aromatic carbocycles. The molecule has 1 aromatic rings. The van der Waals surface area contributed by atoms with Crippen LogP contribution < -0.4 is 5.32 Å². The number of rotatable bonds is 5. The molecule has 3 N–H and O–H groups in total. The van der Waals surface area contributed by atoms with Gasteiger partial charge in [-0.2, -0.15) is 0 Å². The second-order valence-corrected chi connectivity index (χ2v) is 5.21. The van der Waals surface area contributed by atoms with Gasteiger partial charge in [0.15, 0.2) is 0 Å². The summed E-state index contributed by atoms with van der Waals surface area (Å²) in [5.41, 5.74) is 2.18. The van der Waals surface area contributed by atoms with E-state index >= 15 is 0 Å². The summed E-state index contributed by atoms with van der Waals surface area (Å²) >= 11 is 0. The molecule has 0 heterocycles. The topological polar surface area (TPSA) is 69.6 Å². The van der Waals surface area contributed by atoms with Crippen molar-refractivity contribution in [3.05, 3.63) is 29.8 Å². The third-order valence-corrected chi connectivity index (χ3v) is 3.77. The predicted molar refractivity (Wildman–Crippen MR) is 74.2 cm³/mol. The maximum atomic E-state index is 10.9. The number of carbonyl (C=O) groups is 1. The Morgan fingerprint density at radius 2 is 2.00 bits per heavy atom. The van der Waals surface area contributed by atoms with E-state index in [0.29, 0.717) is 12.5 Å². The van der Waals surface area contributed by atoms with Gasteiger partial charge in [-0.3, -0.25) is 4.79 Å². The first-order valence-corrected chi connectivity index (χ1v) is 6.88. The molecule has 2 rings (SSSR count). The fraction of sp³-hybridized carbons (Fsp3) is 0.533. The van der Waals surface area contributed by atoms with Crippen molar-refractivity contribution in [1.29, 1.82) is 0 Å². The molecule has 0 bridgehead atoms.